The van der Waals surface area contributed by atoms with Crippen molar-refractivity contribution in [3.8, 4) is 0 Å². The van der Waals surface area contributed by atoms with E-state index in [0.717, 1.165) is 39.6 Å². The molecule has 0 atom stereocenters. The monoisotopic (exact) mass is 569 g/mol. The van der Waals surface area contributed by atoms with E-state index in [1.165, 1.54) is 6.07 Å². The molecule has 0 saturated carbocycles. The zero-order valence-electron chi connectivity index (χ0n) is 20.0. The number of nitrogens with zero attached hydrogens (tertiary/aromatic N) is 2. The maximum Gasteiger partial charge on any atom is 0.416 e. The van der Waals surface area contributed by atoms with E-state index in [2.05, 4.69) is 5.32 Å². The van der Waals surface area contributed by atoms with Crippen LogP contribution in [-0.2, 0) is 22.3 Å². The van der Waals surface area contributed by atoms with Crippen LogP contribution in [0.15, 0.2) is 83.9 Å². The van der Waals surface area contributed by atoms with Gasteiger partial charge < -0.3 is 9.88 Å². The number of nitrogens with one attached hydrogen (secondary N) is 1. The van der Waals surface area contributed by atoms with Crippen LogP contribution in [0.1, 0.15) is 16.7 Å². The largest absolute Gasteiger partial charge is 0.416 e. The van der Waals surface area contributed by atoms with Crippen LogP contribution in [0.3, 0.4) is 0 Å². The molecule has 1 aliphatic heterocycles. The second-order valence-electron chi connectivity index (χ2n) is 8.72. The molecule has 39 heavy (non-hydrogen) atoms. The Labute approximate surface area is 230 Å². The highest BCUT2D eigenvalue weighted by molar-refractivity contribution is 8.18. The van der Waals surface area contributed by atoms with Crippen molar-refractivity contribution in [1.82, 2.24) is 9.47 Å². The Bertz CT molecular complexity index is 1650. The van der Waals surface area contributed by atoms with Crippen LogP contribution in [0.2, 0.25) is 5.02 Å². The van der Waals surface area contributed by atoms with Crippen molar-refractivity contribution in [1.29, 1.82) is 0 Å². The van der Waals surface area contributed by atoms with E-state index >= 15 is 0 Å². The Morgan fingerprint density at radius 3 is 2.51 bits per heavy atom. The van der Waals surface area contributed by atoms with E-state index in [-0.39, 0.29) is 10.6 Å². The van der Waals surface area contributed by atoms with Crippen LogP contribution >= 0.6 is 23.4 Å². The molecule has 1 aliphatic rings. The van der Waals surface area contributed by atoms with E-state index in [9.17, 15) is 27.6 Å². The van der Waals surface area contributed by atoms with Crippen molar-refractivity contribution in [3.63, 3.8) is 0 Å². The Hall–Kier alpha value is -4.02. The van der Waals surface area contributed by atoms with Crippen LogP contribution < -0.4 is 5.32 Å². The predicted octanol–water partition coefficient (Wildman–Crippen LogP) is 7.04. The van der Waals surface area contributed by atoms with Crippen LogP contribution in [0.4, 0.5) is 23.7 Å². The third-order valence-corrected chi connectivity index (χ3v) is 7.33. The van der Waals surface area contributed by atoms with Gasteiger partial charge >= 0.3 is 6.18 Å². The standard InChI is InChI=1S/C28H19ClF3N3O3S/c29-22-10-3-1-6-17(22)14-34-15-18(21-9-2-4-11-23(21)34)12-24-26(37)35(27(38)39-24)16-25(36)33-20-8-5-7-19(13-20)28(30,31)32/h1-13,15H,14,16H2,(H,33,36)/b24-12-. The fourth-order valence-corrected chi connectivity index (χ4v) is 5.25. The van der Waals surface area contributed by atoms with Crippen molar-refractivity contribution < 1.29 is 27.6 Å². The van der Waals surface area contributed by atoms with E-state index in [1.807, 2.05) is 59.3 Å². The van der Waals surface area contributed by atoms with Gasteiger partial charge in [0.05, 0.1) is 10.5 Å². The lowest BCUT2D eigenvalue weighted by molar-refractivity contribution is -0.137. The molecule has 0 spiro atoms. The van der Waals surface area contributed by atoms with Gasteiger partial charge in [0, 0.05) is 39.9 Å². The number of anilines is 1. The highest BCUT2D eigenvalue weighted by Gasteiger charge is 2.37. The van der Waals surface area contributed by atoms with Gasteiger partial charge in [-0.25, -0.2) is 0 Å². The van der Waals surface area contributed by atoms with E-state index < -0.39 is 35.3 Å². The number of alkyl halides is 3. The summed E-state index contributed by atoms with van der Waals surface area (Å²) >= 11 is 7.04. The minimum atomic E-state index is -4.57. The maximum absolute atomic E-state index is 13.0. The van der Waals surface area contributed by atoms with Gasteiger partial charge in [0.25, 0.3) is 11.1 Å². The van der Waals surface area contributed by atoms with Crippen LogP contribution in [0.25, 0.3) is 17.0 Å². The number of fused-ring (bicyclic) bond motifs is 1. The molecule has 2 heterocycles. The Kier molecular flexibility index (Phi) is 7.24. The fourth-order valence-electron chi connectivity index (χ4n) is 4.23. The summed E-state index contributed by atoms with van der Waals surface area (Å²) in [5, 5.41) is 3.15. The molecule has 1 aromatic heterocycles. The summed E-state index contributed by atoms with van der Waals surface area (Å²) in [5.41, 5.74) is 1.50. The first-order valence-corrected chi connectivity index (χ1v) is 12.8. The molecule has 11 heteroatoms. The fraction of sp³-hybridized carbons (Fsp3) is 0.107. The smallest absolute Gasteiger partial charge is 0.342 e. The molecule has 0 aliphatic carbocycles. The van der Waals surface area contributed by atoms with Gasteiger partial charge in [-0.05, 0) is 53.7 Å². The number of para-hydroxylation sites is 1. The summed E-state index contributed by atoms with van der Waals surface area (Å²) in [6, 6.07) is 19.2. The van der Waals surface area contributed by atoms with Crippen LogP contribution in [0, 0.1) is 0 Å². The molecule has 0 bridgehead atoms. The van der Waals surface area contributed by atoms with E-state index in [0.29, 0.717) is 28.9 Å². The first-order valence-electron chi connectivity index (χ1n) is 11.6. The molecule has 4 aromatic rings. The second-order valence-corrected chi connectivity index (χ2v) is 10.1. The summed E-state index contributed by atoms with van der Waals surface area (Å²) < 4.78 is 40.9. The summed E-state index contributed by atoms with van der Waals surface area (Å²) in [5.74, 6) is -1.46. The van der Waals surface area contributed by atoms with Crippen molar-refractivity contribution in [2.75, 3.05) is 11.9 Å². The third-order valence-electron chi connectivity index (χ3n) is 6.05. The molecule has 1 fully saturated rings. The van der Waals surface area contributed by atoms with Gasteiger partial charge in [0.2, 0.25) is 5.91 Å². The van der Waals surface area contributed by atoms with Crippen LogP contribution in [0.5, 0.6) is 0 Å². The summed E-state index contributed by atoms with van der Waals surface area (Å²) in [6.07, 6.45) is -1.11. The zero-order valence-corrected chi connectivity index (χ0v) is 21.6. The molecule has 198 valence electrons. The average Bonchev–Trinajstić information content (AvgIpc) is 3.37. The number of hydrogen-bond acceptors (Lipinski definition) is 4. The quantitative estimate of drug-likeness (QED) is 0.253. The minimum Gasteiger partial charge on any atom is -0.342 e. The number of carbonyl (C=O) groups excluding carboxylic acids is 3. The summed E-state index contributed by atoms with van der Waals surface area (Å²) in [4.78, 5) is 39.0. The topological polar surface area (TPSA) is 71.4 Å². The van der Waals surface area contributed by atoms with Gasteiger partial charge in [-0.15, -0.1) is 0 Å². The Balaban J connectivity index is 1.35. The lowest BCUT2D eigenvalue weighted by atomic mass is 10.1. The predicted molar refractivity (Wildman–Crippen MR) is 145 cm³/mol. The number of carbonyl (C=O) groups is 3. The first-order chi connectivity index (χ1) is 18.6. The highest BCUT2D eigenvalue weighted by atomic mass is 35.5. The van der Waals surface area contributed by atoms with Gasteiger partial charge in [0.1, 0.15) is 6.54 Å². The summed E-state index contributed by atoms with van der Waals surface area (Å²) in [7, 11) is 0. The average molecular weight is 570 g/mol. The number of rotatable bonds is 6. The molecule has 6 nitrogen and oxygen atoms in total. The van der Waals surface area contributed by atoms with E-state index in [4.69, 9.17) is 11.6 Å². The van der Waals surface area contributed by atoms with Gasteiger partial charge in [-0.1, -0.05) is 54.1 Å². The SMILES string of the molecule is O=C(CN1C(=O)S/C(=C\c2cn(Cc3ccccc3Cl)c3ccccc23)C1=O)Nc1cccc(C(F)(F)F)c1. The molecule has 5 rings (SSSR count). The van der Waals surface area contributed by atoms with Gasteiger partial charge in [-0.2, -0.15) is 13.2 Å². The van der Waals surface area contributed by atoms with Gasteiger partial charge in [0.15, 0.2) is 0 Å². The number of aromatic nitrogens is 1. The van der Waals surface area contributed by atoms with Crippen LogP contribution in [-0.4, -0.2) is 33.1 Å². The number of benzene rings is 3. The molecule has 0 radical (unpaired) electrons. The van der Waals surface area contributed by atoms with Gasteiger partial charge in [-0.3, -0.25) is 19.3 Å². The molecule has 1 saturated heterocycles. The number of halogens is 4. The summed E-state index contributed by atoms with van der Waals surface area (Å²) in [6.45, 7) is -0.141. The number of hydrogen-bond donors (Lipinski definition) is 1. The molecule has 3 aromatic carbocycles. The second kappa shape index (κ2) is 10.6. The number of imide groups is 1. The molecule has 1 N–H and O–H groups in total. The van der Waals surface area contributed by atoms with Crippen molar-refractivity contribution >= 4 is 63.1 Å². The molecule has 3 amide bonds. The normalized spacial score (nSPS) is 15.0. The zero-order chi connectivity index (χ0) is 27.7. The first kappa shape index (κ1) is 26.6. The molecular formula is C28H19ClF3N3O3S. The molecular weight excluding hydrogens is 551 g/mol. The van der Waals surface area contributed by atoms with Crippen molar-refractivity contribution in [3.05, 3.63) is 106 Å². The number of thioether (sulfide) groups is 1. The van der Waals surface area contributed by atoms with E-state index in [1.54, 1.807) is 6.08 Å². The highest BCUT2D eigenvalue weighted by Crippen LogP contribution is 2.35. The molecule has 0 unspecified atom stereocenters. The Morgan fingerprint density at radius 1 is 1.00 bits per heavy atom. The lowest BCUT2D eigenvalue weighted by Crippen LogP contribution is -2.36. The Morgan fingerprint density at radius 2 is 1.74 bits per heavy atom. The van der Waals surface area contributed by atoms with Crippen molar-refractivity contribution in [2.45, 2.75) is 12.7 Å². The lowest BCUT2D eigenvalue weighted by Gasteiger charge is -2.13. The minimum absolute atomic E-state index is 0.0938. The maximum atomic E-state index is 13.0. The van der Waals surface area contributed by atoms with Crippen molar-refractivity contribution in [2.24, 2.45) is 0 Å². The third kappa shape index (κ3) is 5.71. The number of amides is 3.